The molecule has 8 nitrogen and oxygen atoms in total. The van der Waals surface area contributed by atoms with E-state index in [1.165, 1.54) is 18.2 Å². The molecule has 0 spiro atoms. The minimum atomic E-state index is -4.23. The first-order valence-corrected chi connectivity index (χ1v) is 10.1. The maximum atomic E-state index is 13.2. The lowest BCUT2D eigenvalue weighted by Gasteiger charge is -2.24. The van der Waals surface area contributed by atoms with Gasteiger partial charge in [0.1, 0.15) is 6.54 Å². The van der Waals surface area contributed by atoms with Crippen molar-refractivity contribution >= 4 is 27.4 Å². The maximum Gasteiger partial charge on any atom is 0.327 e. The van der Waals surface area contributed by atoms with Crippen LogP contribution in [0.2, 0.25) is 0 Å². The number of esters is 1. The van der Waals surface area contributed by atoms with Gasteiger partial charge in [0.2, 0.25) is 0 Å². The number of ether oxygens (including phenoxy) is 1. The summed E-state index contributed by atoms with van der Waals surface area (Å²) in [7, 11) is -4.23. The second-order valence-corrected chi connectivity index (χ2v) is 8.19. The Bertz CT molecular complexity index is 955. The molecule has 0 amide bonds. The van der Waals surface area contributed by atoms with Crippen LogP contribution in [-0.2, 0) is 26.0 Å². The summed E-state index contributed by atoms with van der Waals surface area (Å²) < 4.78 is 32.3. The maximum absolute atomic E-state index is 13.2. The van der Waals surface area contributed by atoms with Gasteiger partial charge in [-0.2, -0.15) is 0 Å². The molecule has 28 heavy (non-hydrogen) atoms. The number of nitro groups is 1. The van der Waals surface area contributed by atoms with Crippen LogP contribution in [-0.4, -0.2) is 32.0 Å². The highest BCUT2D eigenvalue weighted by Gasteiger charge is 2.29. The molecule has 0 atom stereocenters. The van der Waals surface area contributed by atoms with Crippen molar-refractivity contribution in [3.63, 3.8) is 0 Å². The molecule has 0 aliphatic rings. The van der Waals surface area contributed by atoms with Crippen molar-refractivity contribution in [2.45, 2.75) is 38.2 Å². The topological polar surface area (TPSA) is 107 Å². The molecule has 0 saturated heterocycles. The smallest absolute Gasteiger partial charge is 0.327 e. The van der Waals surface area contributed by atoms with Crippen molar-refractivity contribution in [2.75, 3.05) is 10.8 Å². The summed E-state index contributed by atoms with van der Waals surface area (Å²) in [6.07, 6.45) is 0.366. The Kier molecular flexibility index (Phi) is 6.74. The average Bonchev–Trinajstić information content (AvgIpc) is 2.65. The molecule has 0 aromatic heterocycles. The van der Waals surface area contributed by atoms with Gasteiger partial charge < -0.3 is 4.74 Å². The number of carbonyl (C=O) groups excluding carboxylic acids is 1. The fraction of sp³-hybridized carbons (Fsp3) is 0.316. The van der Waals surface area contributed by atoms with Crippen molar-refractivity contribution < 1.29 is 22.9 Å². The highest BCUT2D eigenvalue weighted by molar-refractivity contribution is 7.92. The van der Waals surface area contributed by atoms with Crippen LogP contribution in [0.15, 0.2) is 53.4 Å². The number of hydrogen-bond acceptors (Lipinski definition) is 6. The number of rotatable bonds is 8. The number of nitrogens with zero attached hydrogens (tertiary/aromatic N) is 2. The fourth-order valence-electron chi connectivity index (χ4n) is 2.52. The lowest BCUT2D eigenvalue weighted by atomic mass is 10.1. The zero-order valence-corrected chi connectivity index (χ0v) is 16.7. The van der Waals surface area contributed by atoms with Crippen molar-refractivity contribution in [3.05, 3.63) is 64.2 Å². The monoisotopic (exact) mass is 406 g/mol. The lowest BCUT2D eigenvalue weighted by molar-refractivity contribution is -0.385. The van der Waals surface area contributed by atoms with E-state index in [0.29, 0.717) is 0 Å². The Morgan fingerprint density at radius 1 is 1.18 bits per heavy atom. The van der Waals surface area contributed by atoms with E-state index in [2.05, 4.69) is 0 Å². The number of nitro benzene ring substituents is 1. The van der Waals surface area contributed by atoms with Gasteiger partial charge in [0.15, 0.2) is 0 Å². The zero-order chi connectivity index (χ0) is 20.9. The highest BCUT2D eigenvalue weighted by Crippen LogP contribution is 2.26. The first-order valence-electron chi connectivity index (χ1n) is 8.70. The third kappa shape index (κ3) is 5.07. The largest absolute Gasteiger partial charge is 0.462 e. The number of aryl methyl sites for hydroxylation is 1. The third-order valence-electron chi connectivity index (χ3n) is 3.89. The molecule has 0 aliphatic carbocycles. The van der Waals surface area contributed by atoms with E-state index in [9.17, 15) is 23.3 Å². The molecule has 2 aromatic carbocycles. The van der Waals surface area contributed by atoms with Gasteiger partial charge in [-0.25, -0.2) is 8.42 Å². The molecule has 2 rings (SSSR count). The van der Waals surface area contributed by atoms with Crippen LogP contribution in [0.5, 0.6) is 0 Å². The Hall–Kier alpha value is -2.94. The van der Waals surface area contributed by atoms with Gasteiger partial charge in [-0.15, -0.1) is 0 Å². The standard InChI is InChI=1S/C19H22N2O6S/c1-4-15-8-10-16(11-9-15)20(13-19(22)27-14(2)3)28(25,26)18-7-5-6-17(12-18)21(23)24/h5-12,14H,4,13H2,1-3H3. The second-order valence-electron chi connectivity index (χ2n) is 6.32. The second kappa shape index (κ2) is 8.83. The molecular weight excluding hydrogens is 384 g/mol. The first-order chi connectivity index (χ1) is 13.1. The predicted molar refractivity (Wildman–Crippen MR) is 105 cm³/mol. The van der Waals surface area contributed by atoms with Crippen molar-refractivity contribution in [1.29, 1.82) is 0 Å². The minimum Gasteiger partial charge on any atom is -0.462 e. The Morgan fingerprint density at radius 3 is 2.36 bits per heavy atom. The number of benzene rings is 2. The summed E-state index contributed by atoms with van der Waals surface area (Å²) in [5.41, 5.74) is 0.915. The summed E-state index contributed by atoms with van der Waals surface area (Å²) in [6.45, 7) is 4.74. The molecule has 0 unspecified atom stereocenters. The third-order valence-corrected chi connectivity index (χ3v) is 5.66. The number of sulfonamides is 1. The molecule has 9 heteroatoms. The van der Waals surface area contributed by atoms with Crippen LogP contribution < -0.4 is 4.31 Å². The van der Waals surface area contributed by atoms with Crippen LogP contribution in [0.3, 0.4) is 0 Å². The zero-order valence-electron chi connectivity index (χ0n) is 15.9. The SMILES string of the molecule is CCc1ccc(N(CC(=O)OC(C)C)S(=O)(=O)c2cccc([N+](=O)[O-])c2)cc1. The Balaban J connectivity index is 2.50. The number of carbonyl (C=O) groups is 1. The van der Waals surface area contributed by atoms with Gasteiger partial charge in [0.05, 0.1) is 21.6 Å². The molecule has 0 bridgehead atoms. The van der Waals surface area contributed by atoms with Gasteiger partial charge in [-0.3, -0.25) is 19.2 Å². The summed E-state index contributed by atoms with van der Waals surface area (Å²) >= 11 is 0. The van der Waals surface area contributed by atoms with E-state index in [-0.39, 0.29) is 16.3 Å². The van der Waals surface area contributed by atoms with Crippen LogP contribution in [0.1, 0.15) is 26.3 Å². The van der Waals surface area contributed by atoms with Crippen LogP contribution in [0.4, 0.5) is 11.4 Å². The van der Waals surface area contributed by atoms with E-state index in [1.807, 2.05) is 6.92 Å². The van der Waals surface area contributed by atoms with Gasteiger partial charge in [-0.1, -0.05) is 25.1 Å². The average molecular weight is 406 g/mol. The lowest BCUT2D eigenvalue weighted by Crippen LogP contribution is -2.37. The normalized spacial score (nSPS) is 11.3. The summed E-state index contributed by atoms with van der Waals surface area (Å²) in [5.74, 6) is -0.719. The van der Waals surface area contributed by atoms with Crippen LogP contribution in [0.25, 0.3) is 0 Å². The predicted octanol–water partition coefficient (Wildman–Crippen LogP) is 3.30. The summed E-state index contributed by atoms with van der Waals surface area (Å²) in [6, 6.07) is 11.4. The van der Waals surface area contributed by atoms with E-state index in [4.69, 9.17) is 4.74 Å². The molecular formula is C19H22N2O6S. The molecule has 0 heterocycles. The van der Waals surface area contributed by atoms with E-state index < -0.39 is 33.6 Å². The first kappa shape index (κ1) is 21.4. The van der Waals surface area contributed by atoms with Crippen molar-refractivity contribution in [3.8, 4) is 0 Å². The van der Waals surface area contributed by atoms with Crippen molar-refractivity contribution in [2.24, 2.45) is 0 Å². The number of anilines is 1. The summed E-state index contributed by atoms with van der Waals surface area (Å²) in [5, 5.41) is 11.0. The van der Waals surface area contributed by atoms with E-state index >= 15 is 0 Å². The quantitative estimate of drug-likeness (QED) is 0.378. The van der Waals surface area contributed by atoms with Crippen LogP contribution in [0, 0.1) is 10.1 Å². The molecule has 0 N–H and O–H groups in total. The van der Waals surface area contributed by atoms with E-state index in [0.717, 1.165) is 22.4 Å². The minimum absolute atomic E-state index is 0.268. The van der Waals surface area contributed by atoms with Gasteiger partial charge in [0.25, 0.3) is 15.7 Å². The molecule has 0 radical (unpaired) electrons. The molecule has 2 aromatic rings. The number of non-ortho nitro benzene ring substituents is 1. The van der Waals surface area contributed by atoms with Gasteiger partial charge in [-0.05, 0) is 44.0 Å². The molecule has 150 valence electrons. The molecule has 0 saturated carbocycles. The summed E-state index contributed by atoms with van der Waals surface area (Å²) in [4.78, 5) is 22.2. The van der Waals surface area contributed by atoms with Crippen LogP contribution >= 0.6 is 0 Å². The fourth-order valence-corrected chi connectivity index (χ4v) is 3.96. The van der Waals surface area contributed by atoms with Gasteiger partial charge >= 0.3 is 5.97 Å². The van der Waals surface area contributed by atoms with E-state index in [1.54, 1.807) is 38.1 Å². The highest BCUT2D eigenvalue weighted by atomic mass is 32.2. The Morgan fingerprint density at radius 2 is 1.82 bits per heavy atom. The molecule has 0 aliphatic heterocycles. The number of hydrogen-bond donors (Lipinski definition) is 0. The van der Waals surface area contributed by atoms with Crippen molar-refractivity contribution in [1.82, 2.24) is 0 Å². The molecule has 0 fully saturated rings. The van der Waals surface area contributed by atoms with Gasteiger partial charge in [0, 0.05) is 12.1 Å². The Labute approximate surface area is 163 Å².